The Labute approximate surface area is 86.1 Å². The summed E-state index contributed by atoms with van der Waals surface area (Å²) in [6.07, 6.45) is 6.25. The molecule has 1 nitrogen and oxygen atoms in total. The first kappa shape index (κ1) is 8.18. The molecule has 0 amide bonds. The van der Waals surface area contributed by atoms with Crippen LogP contribution in [-0.2, 0) is 0 Å². The Kier molecular flexibility index (Phi) is 1.88. The molecule has 0 bridgehead atoms. The van der Waals surface area contributed by atoms with Gasteiger partial charge in [-0.15, -0.1) is 0 Å². The van der Waals surface area contributed by atoms with Crippen molar-refractivity contribution < 1.29 is 0 Å². The minimum atomic E-state index is 0.192. The van der Waals surface area contributed by atoms with Crippen molar-refractivity contribution in [2.75, 3.05) is 0 Å². The Balaban J connectivity index is 2.21. The molecule has 0 aliphatic heterocycles. The maximum atomic E-state index is 4.47. The normalized spacial score (nSPS) is 17.4. The predicted octanol–water partition coefficient (Wildman–Crippen LogP) is 4.01. The van der Waals surface area contributed by atoms with E-state index in [0.29, 0.717) is 0 Å². The van der Waals surface area contributed by atoms with Gasteiger partial charge in [0.15, 0.2) is 4.91 Å². The summed E-state index contributed by atoms with van der Waals surface area (Å²) in [6, 6.07) is 8.49. The highest BCUT2D eigenvalue weighted by Crippen LogP contribution is 2.42. The van der Waals surface area contributed by atoms with Crippen LogP contribution in [0.15, 0.2) is 35.9 Å². The summed E-state index contributed by atoms with van der Waals surface area (Å²) in [5.74, 6) is 0. The topological polar surface area (TPSA) is 12.9 Å². The van der Waals surface area contributed by atoms with E-state index in [2.05, 4.69) is 40.8 Å². The molecule has 1 aromatic heterocycles. The van der Waals surface area contributed by atoms with Gasteiger partial charge < -0.3 is 0 Å². The van der Waals surface area contributed by atoms with Gasteiger partial charge in [0, 0.05) is 23.0 Å². The fraction of sp³-hybridized carbons (Fsp3) is 0.250. The van der Waals surface area contributed by atoms with E-state index in [1.165, 1.54) is 29.5 Å². The van der Waals surface area contributed by atoms with Gasteiger partial charge in [-0.25, -0.2) is 0 Å². The van der Waals surface area contributed by atoms with Gasteiger partial charge in [0.2, 0.25) is 10.2 Å². The van der Waals surface area contributed by atoms with Crippen LogP contribution < -0.4 is 0 Å². The van der Waals surface area contributed by atoms with Crippen LogP contribution in [0.2, 0.25) is 0 Å². The molecule has 1 aliphatic rings. The van der Waals surface area contributed by atoms with Gasteiger partial charge in [-0.05, 0) is 25.0 Å². The van der Waals surface area contributed by atoms with E-state index in [4.69, 9.17) is 0 Å². The van der Waals surface area contributed by atoms with E-state index in [-0.39, 0.29) is 10.5 Å². The largest absolute Gasteiger partial charge is 0.236 e. The first-order valence-corrected chi connectivity index (χ1v) is 6.29. The summed E-state index contributed by atoms with van der Waals surface area (Å²) in [6.45, 7) is 0. The number of hydrogen-bond acceptors (Lipinski definition) is 1. The number of allylic oxidation sites excluding steroid dienone is 2. The Morgan fingerprint density at radius 1 is 1.21 bits per heavy atom. The number of para-hydroxylation sites is 1. The first-order valence-electron chi connectivity index (χ1n) is 5.00. The van der Waals surface area contributed by atoms with Gasteiger partial charge in [0.05, 0.1) is 0 Å². The third kappa shape index (κ3) is 1.18. The average Bonchev–Trinajstić information content (AvgIpc) is 2.85. The summed E-state index contributed by atoms with van der Waals surface area (Å²) < 4.78 is 1.42. The molecule has 14 heavy (non-hydrogen) atoms. The van der Waals surface area contributed by atoms with Crippen LogP contribution in [0, 0.1) is 0 Å². The van der Waals surface area contributed by atoms with Crippen molar-refractivity contribution in [3.05, 3.63) is 35.9 Å². The van der Waals surface area contributed by atoms with Crippen LogP contribution >= 0.6 is 10.5 Å². The van der Waals surface area contributed by atoms with E-state index in [0.717, 1.165) is 0 Å². The molecule has 0 fully saturated rings. The third-order valence-corrected chi connectivity index (χ3v) is 4.75. The number of thiazole rings is 1. The monoisotopic (exact) mass is 202 g/mol. The predicted molar refractivity (Wildman–Crippen MR) is 62.3 cm³/mol. The maximum absolute atomic E-state index is 4.47. The quantitative estimate of drug-likeness (QED) is 0.637. The first-order chi connectivity index (χ1) is 6.95. The molecule has 1 atom stereocenters. The van der Waals surface area contributed by atoms with Gasteiger partial charge in [-0.2, -0.15) is 4.98 Å². The van der Waals surface area contributed by atoms with E-state index in [1.807, 2.05) is 0 Å². The van der Waals surface area contributed by atoms with Crippen molar-refractivity contribution in [3.63, 3.8) is 0 Å². The highest BCUT2D eigenvalue weighted by atomic mass is 32.2. The van der Waals surface area contributed by atoms with E-state index in [9.17, 15) is 0 Å². The fourth-order valence-electron chi connectivity index (χ4n) is 1.97. The van der Waals surface area contributed by atoms with Crippen molar-refractivity contribution in [3.8, 4) is 0 Å². The lowest BCUT2D eigenvalue weighted by Crippen LogP contribution is -1.66. The maximum Gasteiger partial charge on any atom is 0.236 e. The lowest BCUT2D eigenvalue weighted by molar-refractivity contribution is 0.940. The van der Waals surface area contributed by atoms with Crippen molar-refractivity contribution in [2.24, 2.45) is 0 Å². The van der Waals surface area contributed by atoms with Crippen molar-refractivity contribution in [1.29, 1.82) is 0 Å². The zero-order valence-corrected chi connectivity index (χ0v) is 8.76. The van der Waals surface area contributed by atoms with Crippen LogP contribution in [0.4, 0.5) is 0 Å². The molecule has 0 spiro atoms. The van der Waals surface area contributed by atoms with Gasteiger partial charge in [0.1, 0.15) is 5.52 Å². The molecular formula is C12H12NS+. The van der Waals surface area contributed by atoms with Crippen LogP contribution in [0.25, 0.3) is 15.1 Å². The zero-order valence-electron chi connectivity index (χ0n) is 7.94. The summed E-state index contributed by atoms with van der Waals surface area (Å²) in [5.41, 5.74) is 3.30. The summed E-state index contributed by atoms with van der Waals surface area (Å²) in [7, 11) is 0.192. The molecule has 3 rings (SSSR count). The Bertz CT molecular complexity index is 496. The Morgan fingerprint density at radius 3 is 3.00 bits per heavy atom. The number of fused-ring (bicyclic) bond motifs is 1. The van der Waals surface area contributed by atoms with Crippen LogP contribution in [-0.4, -0.2) is 4.98 Å². The molecule has 1 heterocycles. The summed E-state index contributed by atoms with van der Waals surface area (Å²) >= 11 is 0. The van der Waals surface area contributed by atoms with Crippen LogP contribution in [0.3, 0.4) is 0 Å². The van der Waals surface area contributed by atoms with Gasteiger partial charge in [-0.3, -0.25) is 0 Å². The number of aromatic nitrogens is 1. The second-order valence-electron chi connectivity index (χ2n) is 3.60. The third-order valence-electron chi connectivity index (χ3n) is 2.68. The molecule has 1 aromatic carbocycles. The van der Waals surface area contributed by atoms with E-state index < -0.39 is 0 Å². The van der Waals surface area contributed by atoms with Crippen molar-refractivity contribution in [2.45, 2.75) is 19.3 Å². The van der Waals surface area contributed by atoms with Crippen LogP contribution in [0.1, 0.15) is 19.3 Å². The number of rotatable bonds is 1. The van der Waals surface area contributed by atoms with Gasteiger partial charge in [-0.1, -0.05) is 12.1 Å². The average molecular weight is 202 g/mol. The number of hydrogen-bond donors (Lipinski definition) is 0. The molecule has 70 valence electrons. The number of nitrogens with zero attached hydrogens (tertiary/aromatic N) is 1. The molecule has 0 saturated carbocycles. The van der Waals surface area contributed by atoms with Crippen molar-refractivity contribution >= 4 is 25.6 Å². The molecule has 1 unspecified atom stereocenters. The lowest BCUT2D eigenvalue weighted by Gasteiger charge is -1.88. The second-order valence-corrected chi connectivity index (χ2v) is 5.45. The standard InChI is InChI=1S/C12H12NS/c1-2-6-10(5-1)14-9-13-11-7-3-4-8-12(11)14/h3-5,7-9H,1-2,6H2/q+1. The molecule has 2 heteroatoms. The van der Waals surface area contributed by atoms with E-state index >= 15 is 0 Å². The SMILES string of the molecule is C1=C([s+]2cnc3ccccc32)CCC1. The molecule has 0 N–H and O–H groups in total. The fourth-order valence-corrected chi connectivity index (χ4v) is 3.95. The minimum absolute atomic E-state index is 0.192. The molecule has 2 aromatic rings. The Hall–Kier alpha value is -1.15. The highest BCUT2D eigenvalue weighted by molar-refractivity contribution is 7.47. The smallest absolute Gasteiger partial charge is 0.199 e. The summed E-state index contributed by atoms with van der Waals surface area (Å²) in [4.78, 5) is 6.07. The molecule has 0 saturated heterocycles. The molecule has 1 aliphatic carbocycles. The van der Waals surface area contributed by atoms with Crippen molar-refractivity contribution in [1.82, 2.24) is 4.98 Å². The van der Waals surface area contributed by atoms with Gasteiger partial charge >= 0.3 is 0 Å². The highest BCUT2D eigenvalue weighted by Gasteiger charge is 2.21. The summed E-state index contributed by atoms with van der Waals surface area (Å²) in [5, 5.41) is 0. The van der Waals surface area contributed by atoms with Crippen LogP contribution in [0.5, 0.6) is 0 Å². The van der Waals surface area contributed by atoms with Gasteiger partial charge in [0.25, 0.3) is 0 Å². The number of benzene rings is 1. The lowest BCUT2D eigenvalue weighted by atomic mass is 10.3. The van der Waals surface area contributed by atoms with E-state index in [1.54, 1.807) is 4.91 Å². The Morgan fingerprint density at radius 2 is 2.14 bits per heavy atom. The second kappa shape index (κ2) is 3.21. The minimum Gasteiger partial charge on any atom is -0.199 e. The zero-order chi connectivity index (χ0) is 9.38. The molecule has 0 radical (unpaired) electrons. The molecular weight excluding hydrogens is 190 g/mol.